The highest BCUT2D eigenvalue weighted by Gasteiger charge is 2.07. The molecule has 1 heterocycles. The average Bonchev–Trinajstić information content (AvgIpc) is 2.47. The van der Waals surface area contributed by atoms with Gasteiger partial charge < -0.3 is 5.32 Å². The van der Waals surface area contributed by atoms with E-state index in [-0.39, 0.29) is 5.91 Å². The van der Waals surface area contributed by atoms with Gasteiger partial charge in [0, 0.05) is 11.9 Å². The van der Waals surface area contributed by atoms with Gasteiger partial charge >= 0.3 is 0 Å². The maximum atomic E-state index is 11.4. The number of rotatable bonds is 3. The first-order valence-electron chi connectivity index (χ1n) is 3.94. The first-order chi connectivity index (χ1) is 6.09. The second-order valence-corrected chi connectivity index (χ2v) is 3.95. The van der Waals surface area contributed by atoms with Gasteiger partial charge in [0.25, 0.3) is 5.91 Å². The van der Waals surface area contributed by atoms with Crippen LogP contribution in [0.2, 0.25) is 0 Å². The number of nitrogens with zero attached hydrogens (tertiary/aromatic N) is 1. The molecule has 13 heavy (non-hydrogen) atoms. The van der Waals surface area contributed by atoms with Crippen LogP contribution in [0.4, 0.5) is 0 Å². The van der Waals surface area contributed by atoms with Gasteiger partial charge in [-0.3, -0.25) is 4.79 Å². The minimum atomic E-state index is -0.132. The summed E-state index contributed by atoms with van der Waals surface area (Å²) in [6, 6.07) is 0. The molecule has 70 valence electrons. The number of aryl methyl sites for hydroxylation is 1. The zero-order valence-corrected chi connectivity index (χ0v) is 8.57. The van der Waals surface area contributed by atoms with E-state index in [1.54, 1.807) is 5.38 Å². The molecule has 0 spiro atoms. The van der Waals surface area contributed by atoms with Crippen molar-refractivity contribution in [1.82, 2.24) is 10.3 Å². The maximum Gasteiger partial charge on any atom is 0.271 e. The summed E-state index contributed by atoms with van der Waals surface area (Å²) < 4.78 is 0. The number of hydrogen-bond donors (Lipinski definition) is 1. The number of amides is 1. The van der Waals surface area contributed by atoms with E-state index in [1.807, 2.05) is 13.8 Å². The molecule has 0 radical (unpaired) electrons. The van der Waals surface area contributed by atoms with E-state index in [4.69, 9.17) is 0 Å². The monoisotopic (exact) mass is 196 g/mol. The van der Waals surface area contributed by atoms with Gasteiger partial charge in [-0.2, -0.15) is 0 Å². The van der Waals surface area contributed by atoms with Crippen molar-refractivity contribution in [2.75, 3.05) is 6.54 Å². The Kier molecular flexibility index (Phi) is 3.19. The van der Waals surface area contributed by atoms with Crippen LogP contribution in [0.5, 0.6) is 0 Å². The van der Waals surface area contributed by atoms with Crippen molar-refractivity contribution in [1.29, 1.82) is 0 Å². The van der Waals surface area contributed by atoms with Crippen molar-refractivity contribution in [2.24, 2.45) is 0 Å². The molecule has 0 saturated carbocycles. The van der Waals surface area contributed by atoms with Crippen LogP contribution in [0.15, 0.2) is 17.5 Å². The lowest BCUT2D eigenvalue weighted by Gasteiger charge is -2.00. The second kappa shape index (κ2) is 4.18. The molecule has 4 heteroatoms. The van der Waals surface area contributed by atoms with Crippen molar-refractivity contribution in [3.63, 3.8) is 0 Å². The van der Waals surface area contributed by atoms with Crippen LogP contribution in [0.1, 0.15) is 22.4 Å². The van der Waals surface area contributed by atoms with Gasteiger partial charge in [-0.05, 0) is 13.8 Å². The molecule has 0 aromatic carbocycles. The molecule has 3 nitrogen and oxygen atoms in total. The lowest BCUT2D eigenvalue weighted by molar-refractivity contribution is 0.0952. The van der Waals surface area contributed by atoms with Crippen molar-refractivity contribution in [3.8, 4) is 0 Å². The van der Waals surface area contributed by atoms with E-state index in [9.17, 15) is 4.79 Å². The van der Waals surface area contributed by atoms with Crippen LogP contribution in [-0.2, 0) is 0 Å². The third-order valence-electron chi connectivity index (χ3n) is 1.40. The first kappa shape index (κ1) is 9.92. The zero-order chi connectivity index (χ0) is 9.84. The molecule has 0 aliphatic carbocycles. The number of hydrogen-bond acceptors (Lipinski definition) is 3. The molecule has 0 fully saturated rings. The molecular weight excluding hydrogens is 184 g/mol. The SMILES string of the molecule is C=C(C)CNC(=O)c1csc(C)n1. The standard InChI is InChI=1S/C9H12N2OS/c1-6(2)4-10-9(12)8-5-13-7(3)11-8/h5H,1,4H2,2-3H3,(H,10,12). The molecule has 0 atom stereocenters. The highest BCUT2D eigenvalue weighted by molar-refractivity contribution is 7.09. The molecular formula is C9H12N2OS. The van der Waals surface area contributed by atoms with Gasteiger partial charge in [0.1, 0.15) is 5.69 Å². The first-order valence-corrected chi connectivity index (χ1v) is 4.82. The summed E-state index contributed by atoms with van der Waals surface area (Å²) in [5.41, 5.74) is 1.42. The molecule has 1 N–H and O–H groups in total. The number of aromatic nitrogens is 1. The topological polar surface area (TPSA) is 42.0 Å². The summed E-state index contributed by atoms with van der Waals surface area (Å²) in [5.74, 6) is -0.132. The molecule has 0 bridgehead atoms. The highest BCUT2D eigenvalue weighted by atomic mass is 32.1. The maximum absolute atomic E-state index is 11.4. The number of carbonyl (C=O) groups is 1. The summed E-state index contributed by atoms with van der Waals surface area (Å²) >= 11 is 1.47. The van der Waals surface area contributed by atoms with Crippen LogP contribution in [0, 0.1) is 6.92 Å². The Balaban J connectivity index is 2.54. The predicted octanol–water partition coefficient (Wildman–Crippen LogP) is 1.76. The molecule has 1 aromatic heterocycles. The third kappa shape index (κ3) is 2.99. The van der Waals surface area contributed by atoms with Gasteiger partial charge in [0.2, 0.25) is 0 Å². The fourth-order valence-electron chi connectivity index (χ4n) is 0.789. The molecule has 1 amide bonds. The van der Waals surface area contributed by atoms with Crippen LogP contribution in [-0.4, -0.2) is 17.4 Å². The van der Waals surface area contributed by atoms with Gasteiger partial charge in [0.15, 0.2) is 0 Å². The minimum absolute atomic E-state index is 0.132. The van der Waals surface area contributed by atoms with E-state index in [1.165, 1.54) is 11.3 Å². The van der Waals surface area contributed by atoms with Crippen molar-refractivity contribution in [3.05, 3.63) is 28.2 Å². The highest BCUT2D eigenvalue weighted by Crippen LogP contribution is 2.07. The van der Waals surface area contributed by atoms with E-state index in [2.05, 4.69) is 16.9 Å². The molecule has 0 unspecified atom stereocenters. The van der Waals surface area contributed by atoms with Gasteiger partial charge in [-0.25, -0.2) is 4.98 Å². The van der Waals surface area contributed by atoms with Crippen molar-refractivity contribution in [2.45, 2.75) is 13.8 Å². The third-order valence-corrected chi connectivity index (χ3v) is 2.18. The molecule has 0 saturated heterocycles. The van der Waals surface area contributed by atoms with Crippen molar-refractivity contribution < 1.29 is 4.79 Å². The number of thiazole rings is 1. The Morgan fingerprint density at radius 2 is 2.46 bits per heavy atom. The minimum Gasteiger partial charge on any atom is -0.347 e. The fraction of sp³-hybridized carbons (Fsp3) is 0.333. The second-order valence-electron chi connectivity index (χ2n) is 2.89. The summed E-state index contributed by atoms with van der Waals surface area (Å²) in [7, 11) is 0. The smallest absolute Gasteiger partial charge is 0.271 e. The molecule has 1 aromatic rings. The normalized spacial score (nSPS) is 9.69. The Labute approximate surface area is 81.5 Å². The van der Waals surface area contributed by atoms with E-state index in [0.717, 1.165) is 10.6 Å². The Morgan fingerprint density at radius 1 is 1.77 bits per heavy atom. The van der Waals surface area contributed by atoms with E-state index in [0.29, 0.717) is 12.2 Å². The summed E-state index contributed by atoms with van der Waals surface area (Å²) in [6.45, 7) is 7.95. The largest absolute Gasteiger partial charge is 0.347 e. The molecule has 0 aliphatic rings. The fourth-order valence-corrected chi connectivity index (χ4v) is 1.38. The number of carbonyl (C=O) groups excluding carboxylic acids is 1. The van der Waals surface area contributed by atoms with Crippen LogP contribution < -0.4 is 5.32 Å². The molecule has 1 rings (SSSR count). The molecule has 0 aliphatic heterocycles. The summed E-state index contributed by atoms with van der Waals surface area (Å²) in [4.78, 5) is 15.4. The van der Waals surface area contributed by atoms with E-state index >= 15 is 0 Å². The lowest BCUT2D eigenvalue weighted by atomic mass is 10.3. The average molecular weight is 196 g/mol. The predicted molar refractivity (Wildman–Crippen MR) is 54.0 cm³/mol. The zero-order valence-electron chi connectivity index (χ0n) is 7.76. The van der Waals surface area contributed by atoms with Crippen molar-refractivity contribution >= 4 is 17.2 Å². The van der Waals surface area contributed by atoms with Gasteiger partial charge in [0.05, 0.1) is 5.01 Å². The number of nitrogens with one attached hydrogen (secondary N) is 1. The Bertz CT molecular complexity index is 330. The van der Waals surface area contributed by atoms with Gasteiger partial charge in [-0.15, -0.1) is 11.3 Å². The Morgan fingerprint density at radius 3 is 2.92 bits per heavy atom. The van der Waals surface area contributed by atoms with Crippen LogP contribution in [0.3, 0.4) is 0 Å². The van der Waals surface area contributed by atoms with Gasteiger partial charge in [-0.1, -0.05) is 12.2 Å². The Hall–Kier alpha value is -1.16. The van der Waals surface area contributed by atoms with Crippen LogP contribution in [0.25, 0.3) is 0 Å². The quantitative estimate of drug-likeness (QED) is 0.748. The lowest BCUT2D eigenvalue weighted by Crippen LogP contribution is -2.25. The summed E-state index contributed by atoms with van der Waals surface area (Å²) in [5, 5.41) is 5.37. The van der Waals surface area contributed by atoms with Crippen LogP contribution >= 0.6 is 11.3 Å². The summed E-state index contributed by atoms with van der Waals surface area (Å²) in [6.07, 6.45) is 0. The van der Waals surface area contributed by atoms with E-state index < -0.39 is 0 Å².